The molecule has 1 fully saturated rings. The second-order valence-corrected chi connectivity index (χ2v) is 11.2. The van der Waals surface area contributed by atoms with Crippen molar-refractivity contribution in [2.45, 2.75) is 24.8 Å². The number of nitrogens with zero attached hydrogens (tertiary/aromatic N) is 3. The van der Waals surface area contributed by atoms with Crippen LogP contribution in [0.2, 0.25) is 0 Å². The number of hydrogen-bond donors (Lipinski definition) is 3. The molecule has 3 rings (SSSR count). The van der Waals surface area contributed by atoms with Crippen LogP contribution in [-0.2, 0) is 30.3 Å². The number of urea groups is 1. The molecule has 2 aliphatic heterocycles. The SMILES string of the molecule is COc1ccc2c(c1)C(COCCOCCOCCOCCN(C)[NH+]=[N-])CN(C(=O)CSC1NC(=O)NCC1C)C2. The largest absolute Gasteiger partial charge is 0.497 e. The Morgan fingerprint density at radius 3 is 2.49 bits per heavy atom. The molecule has 41 heavy (non-hydrogen) atoms. The topological polar surface area (TPSA) is 147 Å². The highest BCUT2D eigenvalue weighted by molar-refractivity contribution is 8.00. The highest BCUT2D eigenvalue weighted by Gasteiger charge is 2.31. The van der Waals surface area contributed by atoms with Crippen molar-refractivity contribution in [2.75, 3.05) is 92.4 Å². The first-order valence-corrected chi connectivity index (χ1v) is 15.0. The van der Waals surface area contributed by atoms with Gasteiger partial charge in [-0.3, -0.25) is 9.80 Å². The van der Waals surface area contributed by atoms with Gasteiger partial charge in [0.2, 0.25) is 5.91 Å². The molecule has 13 nitrogen and oxygen atoms in total. The number of hydrogen-bond acceptors (Lipinski definition) is 8. The normalized spacial score (nSPS) is 20.1. The number of amides is 3. The zero-order chi connectivity index (χ0) is 29.5. The molecule has 0 saturated carbocycles. The van der Waals surface area contributed by atoms with Crippen molar-refractivity contribution in [2.24, 2.45) is 5.92 Å². The van der Waals surface area contributed by atoms with Crippen molar-refractivity contribution in [3.05, 3.63) is 34.9 Å². The third-order valence-electron chi connectivity index (χ3n) is 6.89. The van der Waals surface area contributed by atoms with Gasteiger partial charge in [0.15, 0.2) is 0 Å². The number of carbonyl (C=O) groups excluding carboxylic acids is 2. The number of carbonyl (C=O) groups is 2. The fourth-order valence-electron chi connectivity index (χ4n) is 4.47. The van der Waals surface area contributed by atoms with Crippen LogP contribution in [0.15, 0.2) is 18.2 Å². The predicted molar refractivity (Wildman–Crippen MR) is 153 cm³/mol. The molecule has 3 unspecified atom stereocenters. The zero-order valence-corrected chi connectivity index (χ0v) is 25.1. The summed E-state index contributed by atoms with van der Waals surface area (Å²) in [5, 5.41) is 9.13. The Morgan fingerprint density at radius 1 is 1.12 bits per heavy atom. The lowest BCUT2D eigenvalue weighted by Gasteiger charge is -2.35. The standard InChI is InChI=1S/C27H44N6O7S/c1-20-15-29-27(35)30-26(20)41-19-25(34)33-16-21-4-5-23(36-3)14-24(21)22(17-33)18-40-13-12-39-11-10-38-9-8-37-7-6-32(2)31-28/h4-5,14,20,22,26,31H,6-13,15-19H2,1-3H3,(H2,29,30,35). The zero-order valence-electron chi connectivity index (χ0n) is 24.3. The Kier molecular flexibility index (Phi) is 14.4. The smallest absolute Gasteiger partial charge is 0.315 e. The van der Waals surface area contributed by atoms with E-state index < -0.39 is 0 Å². The first-order valence-electron chi connectivity index (χ1n) is 13.9. The van der Waals surface area contributed by atoms with Gasteiger partial charge < -0.3 is 39.2 Å². The van der Waals surface area contributed by atoms with E-state index in [1.807, 2.05) is 28.3 Å². The summed E-state index contributed by atoms with van der Waals surface area (Å²) >= 11 is 1.48. The van der Waals surface area contributed by atoms with Gasteiger partial charge in [-0.15, -0.1) is 11.8 Å². The molecular weight excluding hydrogens is 552 g/mol. The third-order valence-corrected chi connectivity index (χ3v) is 8.24. The van der Waals surface area contributed by atoms with Crippen LogP contribution in [0.3, 0.4) is 0 Å². The first-order chi connectivity index (χ1) is 19.9. The van der Waals surface area contributed by atoms with E-state index in [0.717, 1.165) is 16.9 Å². The van der Waals surface area contributed by atoms with Gasteiger partial charge in [0, 0.05) is 38.0 Å². The van der Waals surface area contributed by atoms with Crippen molar-refractivity contribution in [1.29, 1.82) is 0 Å². The lowest BCUT2D eigenvalue weighted by molar-refractivity contribution is -0.657. The Labute approximate surface area is 246 Å². The van der Waals surface area contributed by atoms with Crippen LogP contribution in [0.5, 0.6) is 5.75 Å². The molecule has 3 amide bonds. The summed E-state index contributed by atoms with van der Waals surface area (Å²) in [5.41, 5.74) is 10.9. The third kappa shape index (κ3) is 11.3. The summed E-state index contributed by atoms with van der Waals surface area (Å²) in [4.78, 5) is 26.8. The Morgan fingerprint density at radius 2 is 1.80 bits per heavy atom. The molecule has 3 atom stereocenters. The number of likely N-dealkylation sites (N-methyl/N-ethyl adjacent to an activating group) is 1. The van der Waals surface area contributed by atoms with E-state index in [1.54, 1.807) is 14.2 Å². The van der Waals surface area contributed by atoms with Gasteiger partial charge in [0.1, 0.15) is 5.75 Å². The minimum Gasteiger partial charge on any atom is -0.497 e. The van der Waals surface area contributed by atoms with Gasteiger partial charge in [-0.1, -0.05) is 13.0 Å². The fourth-order valence-corrected chi connectivity index (χ4v) is 5.59. The van der Waals surface area contributed by atoms with E-state index in [-0.39, 0.29) is 29.1 Å². The molecule has 0 bridgehead atoms. The van der Waals surface area contributed by atoms with Gasteiger partial charge in [-0.2, -0.15) is 10.8 Å². The lowest BCUT2D eigenvalue weighted by Crippen LogP contribution is -2.75. The van der Waals surface area contributed by atoms with E-state index in [9.17, 15) is 9.59 Å². The summed E-state index contributed by atoms with van der Waals surface area (Å²) in [5.74, 6) is 1.37. The van der Waals surface area contributed by atoms with E-state index in [2.05, 4.69) is 17.6 Å². The number of methoxy groups -OCH3 is 1. The Hall–Kier alpha value is -2.65. The van der Waals surface area contributed by atoms with Crippen LogP contribution in [0, 0.1) is 5.92 Å². The average molecular weight is 597 g/mol. The number of rotatable bonds is 19. The number of nitrogens with one attached hydrogen (secondary N) is 3. The van der Waals surface area contributed by atoms with Crippen LogP contribution in [-0.4, -0.2) is 120 Å². The maximum Gasteiger partial charge on any atom is 0.315 e. The monoisotopic (exact) mass is 596 g/mol. The van der Waals surface area contributed by atoms with E-state index in [0.29, 0.717) is 84.8 Å². The molecule has 2 heterocycles. The summed E-state index contributed by atoms with van der Waals surface area (Å²) in [6.07, 6.45) is 0. The second-order valence-electron chi connectivity index (χ2n) is 10.0. The Balaban J connectivity index is 1.36. The molecule has 2 aliphatic rings. The van der Waals surface area contributed by atoms with E-state index >= 15 is 0 Å². The Bertz CT molecular complexity index is 974. The molecule has 14 heteroatoms. The molecule has 1 aromatic rings. The minimum absolute atomic E-state index is 0.0107. The number of hydrazine groups is 1. The first kappa shape index (κ1) is 32.9. The van der Waals surface area contributed by atoms with Crippen molar-refractivity contribution >= 4 is 23.7 Å². The minimum atomic E-state index is -0.190. The molecule has 0 spiro atoms. The summed E-state index contributed by atoms with van der Waals surface area (Å²) in [6, 6.07) is 5.78. The lowest BCUT2D eigenvalue weighted by atomic mass is 9.90. The van der Waals surface area contributed by atoms with Crippen LogP contribution in [0.1, 0.15) is 24.0 Å². The molecular formula is C27H44N6O7S. The molecule has 0 aliphatic carbocycles. The second kappa shape index (κ2) is 18.0. The summed E-state index contributed by atoms with van der Waals surface area (Å²) in [7, 11) is 3.36. The molecule has 1 saturated heterocycles. The van der Waals surface area contributed by atoms with Crippen LogP contribution in [0.25, 0.3) is 5.53 Å². The fraction of sp³-hybridized carbons (Fsp3) is 0.704. The molecule has 0 radical (unpaired) electrons. The van der Waals surface area contributed by atoms with Crippen molar-refractivity contribution in [1.82, 2.24) is 20.5 Å². The quantitative estimate of drug-likeness (QED) is 0.115. The maximum atomic E-state index is 13.2. The molecule has 230 valence electrons. The number of fused-ring (bicyclic) bond motifs is 1. The van der Waals surface area contributed by atoms with Crippen LogP contribution in [0.4, 0.5) is 4.79 Å². The molecule has 0 aromatic heterocycles. The highest BCUT2D eigenvalue weighted by atomic mass is 32.2. The van der Waals surface area contributed by atoms with Gasteiger partial charge in [-0.05, 0) is 30.3 Å². The summed E-state index contributed by atoms with van der Waals surface area (Å²) < 4.78 is 27.9. The predicted octanol–water partition coefficient (Wildman–Crippen LogP) is 0.145. The number of benzene rings is 1. The number of thioether (sulfide) groups is 1. The number of ether oxygens (including phenoxy) is 5. The maximum absolute atomic E-state index is 13.2. The van der Waals surface area contributed by atoms with Crippen LogP contribution >= 0.6 is 11.8 Å². The van der Waals surface area contributed by atoms with Crippen LogP contribution < -0.4 is 20.6 Å². The van der Waals surface area contributed by atoms with E-state index in [4.69, 9.17) is 29.2 Å². The van der Waals surface area contributed by atoms with Crippen molar-refractivity contribution < 1.29 is 38.5 Å². The van der Waals surface area contributed by atoms with Gasteiger partial charge >= 0.3 is 6.03 Å². The molecule has 1 aromatic carbocycles. The van der Waals surface area contributed by atoms with Crippen molar-refractivity contribution in [3.63, 3.8) is 0 Å². The van der Waals surface area contributed by atoms with E-state index in [1.165, 1.54) is 16.8 Å². The van der Waals surface area contributed by atoms with Gasteiger partial charge in [0.05, 0.1) is 71.1 Å². The van der Waals surface area contributed by atoms with Crippen molar-refractivity contribution in [3.8, 4) is 5.75 Å². The highest BCUT2D eigenvalue weighted by Crippen LogP contribution is 2.32. The van der Waals surface area contributed by atoms with Gasteiger partial charge in [0.25, 0.3) is 0 Å². The summed E-state index contributed by atoms with van der Waals surface area (Å²) in [6.45, 7) is 7.99. The average Bonchev–Trinajstić information content (AvgIpc) is 2.99. The molecule has 3 N–H and O–H groups in total. The van der Waals surface area contributed by atoms with Gasteiger partial charge in [-0.25, -0.2) is 4.79 Å².